The number of ether oxygens (including phenoxy) is 3. The fraction of sp³-hybridized carbons (Fsp3) is 0.583. The van der Waals surface area contributed by atoms with Crippen molar-refractivity contribution in [2.75, 3.05) is 33.1 Å². The minimum absolute atomic E-state index is 0. The number of aromatic nitrogens is 1. The first-order valence-corrected chi connectivity index (χ1v) is 11.3. The molecular weight excluding hydrogens is 535 g/mol. The second-order valence-corrected chi connectivity index (χ2v) is 9.38. The molecule has 0 radical (unpaired) electrons. The first kappa shape index (κ1) is 25.6. The van der Waals surface area contributed by atoms with Gasteiger partial charge in [0.05, 0.1) is 6.20 Å². The van der Waals surface area contributed by atoms with Crippen molar-refractivity contribution in [3.8, 4) is 11.5 Å². The standard InChI is InChI=1S/C24H34N4O4.HI/c1-5-25-22(27-14-21-26-13-20(32-21)23(2,3)4)28-15-24(8-10-29-11-9-24)17-6-7-18-19(12-17)31-16-30-18;/h6-7,12-13H,5,8-11,14-16H2,1-4H3,(H2,25,27,28);1H. The molecule has 1 aromatic heterocycles. The number of fused-ring (bicyclic) bond motifs is 1. The van der Waals surface area contributed by atoms with E-state index in [1.807, 2.05) is 6.07 Å². The Bertz CT molecular complexity index is 948. The summed E-state index contributed by atoms with van der Waals surface area (Å²) < 4.78 is 22.7. The predicted molar refractivity (Wildman–Crippen MR) is 138 cm³/mol. The van der Waals surface area contributed by atoms with Crippen molar-refractivity contribution in [3.05, 3.63) is 41.6 Å². The SMILES string of the molecule is CCNC(=NCc1ncc(C(C)(C)C)o1)NCC1(c2ccc3c(c2)OCO3)CCOCC1.I. The van der Waals surface area contributed by atoms with E-state index in [9.17, 15) is 0 Å². The third-order valence-electron chi connectivity index (χ3n) is 6.04. The van der Waals surface area contributed by atoms with E-state index in [2.05, 4.69) is 55.4 Å². The van der Waals surface area contributed by atoms with E-state index in [0.29, 0.717) is 12.4 Å². The van der Waals surface area contributed by atoms with Gasteiger partial charge in [0.1, 0.15) is 12.3 Å². The molecule has 0 unspecified atom stereocenters. The van der Waals surface area contributed by atoms with Crippen LogP contribution in [0.3, 0.4) is 0 Å². The van der Waals surface area contributed by atoms with E-state index in [0.717, 1.165) is 62.4 Å². The molecule has 3 heterocycles. The van der Waals surface area contributed by atoms with Crippen LogP contribution in [0.2, 0.25) is 0 Å². The third kappa shape index (κ3) is 6.11. The molecule has 9 heteroatoms. The summed E-state index contributed by atoms with van der Waals surface area (Å²) in [7, 11) is 0. The number of guanidine groups is 1. The van der Waals surface area contributed by atoms with Gasteiger partial charge in [-0.1, -0.05) is 26.8 Å². The van der Waals surface area contributed by atoms with Crippen molar-refractivity contribution in [1.29, 1.82) is 0 Å². The molecule has 1 aromatic carbocycles. The number of hydrogen-bond donors (Lipinski definition) is 2. The van der Waals surface area contributed by atoms with Crippen LogP contribution in [0.1, 0.15) is 57.8 Å². The summed E-state index contributed by atoms with van der Waals surface area (Å²) in [5, 5.41) is 6.88. The molecule has 0 saturated carbocycles. The van der Waals surface area contributed by atoms with Crippen LogP contribution in [-0.4, -0.2) is 44.0 Å². The third-order valence-corrected chi connectivity index (χ3v) is 6.04. The van der Waals surface area contributed by atoms with Gasteiger partial charge in [0.25, 0.3) is 0 Å². The monoisotopic (exact) mass is 570 g/mol. The summed E-state index contributed by atoms with van der Waals surface area (Å²) in [6, 6.07) is 6.26. The molecule has 0 atom stereocenters. The molecule has 2 aromatic rings. The average Bonchev–Trinajstić information content (AvgIpc) is 3.45. The van der Waals surface area contributed by atoms with Crippen LogP contribution in [0.4, 0.5) is 0 Å². The molecule has 0 spiro atoms. The zero-order chi connectivity index (χ0) is 22.6. The Morgan fingerprint density at radius 3 is 2.58 bits per heavy atom. The Morgan fingerprint density at radius 2 is 1.88 bits per heavy atom. The van der Waals surface area contributed by atoms with Crippen LogP contribution in [-0.2, 0) is 22.1 Å². The fourth-order valence-electron chi connectivity index (χ4n) is 4.03. The largest absolute Gasteiger partial charge is 0.454 e. The van der Waals surface area contributed by atoms with Crippen molar-refractivity contribution in [2.45, 2.75) is 57.9 Å². The number of aliphatic imine (C=N–C) groups is 1. The summed E-state index contributed by atoms with van der Waals surface area (Å²) in [4.78, 5) is 9.10. The molecule has 4 rings (SSSR count). The first-order valence-electron chi connectivity index (χ1n) is 11.3. The zero-order valence-corrected chi connectivity index (χ0v) is 22.2. The second-order valence-electron chi connectivity index (χ2n) is 9.38. The van der Waals surface area contributed by atoms with Crippen LogP contribution in [0, 0.1) is 0 Å². The van der Waals surface area contributed by atoms with Crippen molar-refractivity contribution in [3.63, 3.8) is 0 Å². The highest BCUT2D eigenvalue weighted by atomic mass is 127. The number of nitrogens with one attached hydrogen (secondary N) is 2. The molecule has 1 fully saturated rings. The Labute approximate surface area is 212 Å². The van der Waals surface area contributed by atoms with Crippen LogP contribution in [0.5, 0.6) is 11.5 Å². The highest BCUT2D eigenvalue weighted by Gasteiger charge is 2.36. The molecule has 1 saturated heterocycles. The predicted octanol–water partition coefficient (Wildman–Crippen LogP) is 4.12. The average molecular weight is 570 g/mol. The lowest BCUT2D eigenvalue weighted by Crippen LogP contribution is -2.48. The van der Waals surface area contributed by atoms with Gasteiger partial charge in [-0.2, -0.15) is 0 Å². The summed E-state index contributed by atoms with van der Waals surface area (Å²) in [5.41, 5.74) is 1.09. The molecule has 182 valence electrons. The maximum atomic E-state index is 5.89. The van der Waals surface area contributed by atoms with Crippen LogP contribution in [0.15, 0.2) is 33.8 Å². The molecule has 2 aliphatic rings. The normalized spacial score (nSPS) is 17.4. The van der Waals surface area contributed by atoms with Gasteiger partial charge in [-0.25, -0.2) is 9.98 Å². The van der Waals surface area contributed by atoms with Crippen molar-refractivity contribution < 1.29 is 18.6 Å². The van der Waals surface area contributed by atoms with Crippen LogP contribution < -0.4 is 20.1 Å². The minimum Gasteiger partial charge on any atom is -0.454 e. The molecule has 33 heavy (non-hydrogen) atoms. The molecule has 0 amide bonds. The Balaban J connectivity index is 0.00000306. The number of oxazole rings is 1. The van der Waals surface area contributed by atoms with Crippen molar-refractivity contribution >= 4 is 29.9 Å². The number of rotatable bonds is 6. The van der Waals surface area contributed by atoms with E-state index in [4.69, 9.17) is 23.6 Å². The van der Waals surface area contributed by atoms with Gasteiger partial charge in [0, 0.05) is 37.1 Å². The molecule has 8 nitrogen and oxygen atoms in total. The van der Waals surface area contributed by atoms with Gasteiger partial charge in [-0.3, -0.25) is 0 Å². The quantitative estimate of drug-likeness (QED) is 0.307. The second kappa shape index (κ2) is 10.9. The minimum atomic E-state index is -0.0717. The van der Waals surface area contributed by atoms with Crippen LogP contribution in [0.25, 0.3) is 0 Å². The molecule has 0 aliphatic carbocycles. The number of halogens is 1. The van der Waals surface area contributed by atoms with Gasteiger partial charge >= 0.3 is 0 Å². The Hall–Kier alpha value is -2.01. The summed E-state index contributed by atoms with van der Waals surface area (Å²) in [6.45, 7) is 12.0. The zero-order valence-electron chi connectivity index (χ0n) is 19.9. The van der Waals surface area contributed by atoms with Crippen LogP contribution >= 0.6 is 24.0 Å². The lowest BCUT2D eigenvalue weighted by molar-refractivity contribution is 0.0513. The van der Waals surface area contributed by atoms with E-state index in [1.165, 1.54) is 5.56 Å². The summed E-state index contributed by atoms with van der Waals surface area (Å²) in [6.07, 6.45) is 3.64. The number of benzene rings is 1. The fourth-order valence-corrected chi connectivity index (χ4v) is 4.03. The van der Waals surface area contributed by atoms with Gasteiger partial charge in [-0.05, 0) is 37.5 Å². The Morgan fingerprint density at radius 1 is 1.12 bits per heavy atom. The van der Waals surface area contributed by atoms with Crippen molar-refractivity contribution in [2.24, 2.45) is 4.99 Å². The lowest BCUT2D eigenvalue weighted by Gasteiger charge is -2.38. The number of nitrogens with zero attached hydrogens (tertiary/aromatic N) is 2. The number of hydrogen-bond acceptors (Lipinski definition) is 6. The smallest absolute Gasteiger partial charge is 0.231 e. The highest BCUT2D eigenvalue weighted by molar-refractivity contribution is 14.0. The highest BCUT2D eigenvalue weighted by Crippen LogP contribution is 2.40. The summed E-state index contributed by atoms with van der Waals surface area (Å²) >= 11 is 0. The summed E-state index contributed by atoms with van der Waals surface area (Å²) in [5.74, 6) is 3.84. The van der Waals surface area contributed by atoms with E-state index in [1.54, 1.807) is 6.20 Å². The topological polar surface area (TPSA) is 90.1 Å². The van der Waals surface area contributed by atoms with E-state index in [-0.39, 0.29) is 41.6 Å². The molecule has 0 bridgehead atoms. The lowest BCUT2D eigenvalue weighted by atomic mass is 9.74. The Kier molecular flexibility index (Phi) is 8.49. The van der Waals surface area contributed by atoms with E-state index >= 15 is 0 Å². The van der Waals surface area contributed by atoms with Crippen molar-refractivity contribution in [1.82, 2.24) is 15.6 Å². The van der Waals surface area contributed by atoms with Gasteiger partial charge in [0.15, 0.2) is 17.5 Å². The molecule has 2 aliphatic heterocycles. The molecular formula is C24H35IN4O4. The molecule has 2 N–H and O–H groups in total. The van der Waals surface area contributed by atoms with E-state index < -0.39 is 0 Å². The van der Waals surface area contributed by atoms with Gasteiger partial charge < -0.3 is 29.3 Å². The maximum Gasteiger partial charge on any atom is 0.231 e. The van der Waals surface area contributed by atoms with Gasteiger partial charge in [0.2, 0.25) is 12.7 Å². The first-order chi connectivity index (χ1) is 15.4. The van der Waals surface area contributed by atoms with Gasteiger partial charge in [-0.15, -0.1) is 24.0 Å². The maximum absolute atomic E-state index is 5.89.